The Morgan fingerprint density at radius 1 is 1.29 bits per heavy atom. The summed E-state index contributed by atoms with van der Waals surface area (Å²) in [6.45, 7) is 0. The Morgan fingerprint density at radius 3 is 2.82 bits per heavy atom. The SMILES string of the molecule is CNC(Cc1ccnc(N)c1)c1cnccn1. The minimum absolute atomic E-state index is 0.130. The molecule has 0 fully saturated rings. The van der Waals surface area contributed by atoms with Crippen LogP contribution in [0, 0.1) is 0 Å². The molecule has 0 aromatic carbocycles. The van der Waals surface area contributed by atoms with Crippen LogP contribution in [0.4, 0.5) is 5.82 Å². The molecule has 0 saturated carbocycles. The summed E-state index contributed by atoms with van der Waals surface area (Å²) in [6, 6.07) is 3.96. The summed E-state index contributed by atoms with van der Waals surface area (Å²) in [5.74, 6) is 0.538. The van der Waals surface area contributed by atoms with E-state index in [0.717, 1.165) is 17.7 Å². The molecular weight excluding hydrogens is 214 g/mol. The van der Waals surface area contributed by atoms with Gasteiger partial charge in [-0.3, -0.25) is 9.97 Å². The molecule has 2 heterocycles. The quantitative estimate of drug-likeness (QED) is 0.816. The normalized spacial score (nSPS) is 12.3. The van der Waals surface area contributed by atoms with E-state index in [1.54, 1.807) is 24.8 Å². The van der Waals surface area contributed by atoms with E-state index >= 15 is 0 Å². The second-order valence-corrected chi connectivity index (χ2v) is 3.76. The Labute approximate surface area is 100 Å². The predicted octanol–water partition coefficient (Wildman–Crippen LogP) is 0.957. The van der Waals surface area contributed by atoms with Crippen molar-refractivity contribution in [2.45, 2.75) is 12.5 Å². The Hall–Kier alpha value is -2.01. The van der Waals surface area contributed by atoms with Crippen molar-refractivity contribution in [1.82, 2.24) is 20.3 Å². The van der Waals surface area contributed by atoms with Crippen molar-refractivity contribution >= 4 is 5.82 Å². The van der Waals surface area contributed by atoms with Crippen molar-refractivity contribution in [3.8, 4) is 0 Å². The number of hydrogen-bond donors (Lipinski definition) is 2. The molecule has 17 heavy (non-hydrogen) atoms. The van der Waals surface area contributed by atoms with Crippen molar-refractivity contribution in [1.29, 1.82) is 0 Å². The minimum atomic E-state index is 0.130. The highest BCUT2D eigenvalue weighted by molar-refractivity contribution is 5.32. The van der Waals surface area contributed by atoms with Gasteiger partial charge in [-0.15, -0.1) is 0 Å². The van der Waals surface area contributed by atoms with Crippen LogP contribution in [0.25, 0.3) is 0 Å². The van der Waals surface area contributed by atoms with Crippen molar-refractivity contribution < 1.29 is 0 Å². The van der Waals surface area contributed by atoms with Crippen LogP contribution in [0.5, 0.6) is 0 Å². The smallest absolute Gasteiger partial charge is 0.123 e. The zero-order chi connectivity index (χ0) is 12.1. The molecule has 0 spiro atoms. The lowest BCUT2D eigenvalue weighted by Crippen LogP contribution is -2.20. The van der Waals surface area contributed by atoms with E-state index in [4.69, 9.17) is 5.73 Å². The van der Waals surface area contributed by atoms with Crippen LogP contribution in [-0.4, -0.2) is 22.0 Å². The van der Waals surface area contributed by atoms with Gasteiger partial charge in [-0.25, -0.2) is 4.98 Å². The second-order valence-electron chi connectivity index (χ2n) is 3.76. The second kappa shape index (κ2) is 5.36. The number of hydrogen-bond acceptors (Lipinski definition) is 5. The van der Waals surface area contributed by atoms with Gasteiger partial charge in [0.1, 0.15) is 5.82 Å². The minimum Gasteiger partial charge on any atom is -0.384 e. The number of aromatic nitrogens is 3. The van der Waals surface area contributed by atoms with Crippen LogP contribution in [0.2, 0.25) is 0 Å². The zero-order valence-electron chi connectivity index (χ0n) is 9.67. The molecule has 3 N–H and O–H groups in total. The molecule has 2 rings (SSSR count). The van der Waals surface area contributed by atoms with Crippen LogP contribution >= 0.6 is 0 Å². The summed E-state index contributed by atoms with van der Waals surface area (Å²) in [6.07, 6.45) is 7.66. The van der Waals surface area contributed by atoms with Gasteiger partial charge < -0.3 is 11.1 Å². The Bertz CT molecular complexity index is 471. The van der Waals surface area contributed by atoms with Crippen LogP contribution in [-0.2, 0) is 6.42 Å². The van der Waals surface area contributed by atoms with E-state index in [2.05, 4.69) is 20.3 Å². The molecule has 1 atom stereocenters. The molecule has 0 saturated heterocycles. The third-order valence-electron chi connectivity index (χ3n) is 2.57. The third kappa shape index (κ3) is 2.98. The molecule has 0 bridgehead atoms. The summed E-state index contributed by atoms with van der Waals surface area (Å²) in [7, 11) is 1.91. The van der Waals surface area contributed by atoms with Crippen molar-refractivity contribution in [3.63, 3.8) is 0 Å². The van der Waals surface area contributed by atoms with E-state index < -0.39 is 0 Å². The zero-order valence-corrected chi connectivity index (χ0v) is 9.67. The Morgan fingerprint density at radius 2 is 2.18 bits per heavy atom. The number of likely N-dealkylation sites (N-methyl/N-ethyl adjacent to an activating group) is 1. The molecule has 0 radical (unpaired) electrons. The summed E-state index contributed by atoms with van der Waals surface area (Å²) < 4.78 is 0. The number of anilines is 1. The van der Waals surface area contributed by atoms with Crippen molar-refractivity contribution in [2.75, 3.05) is 12.8 Å². The third-order valence-corrected chi connectivity index (χ3v) is 2.57. The average Bonchev–Trinajstić information content (AvgIpc) is 2.37. The summed E-state index contributed by atoms with van der Waals surface area (Å²) in [4.78, 5) is 12.3. The van der Waals surface area contributed by atoms with Gasteiger partial charge in [0, 0.05) is 24.8 Å². The highest BCUT2D eigenvalue weighted by Gasteiger charge is 2.11. The van der Waals surface area contributed by atoms with Gasteiger partial charge in [0.05, 0.1) is 11.7 Å². The number of nitrogens with one attached hydrogen (secondary N) is 1. The maximum atomic E-state index is 5.65. The van der Waals surface area contributed by atoms with Crippen LogP contribution in [0.15, 0.2) is 36.9 Å². The fraction of sp³-hybridized carbons (Fsp3) is 0.250. The number of rotatable bonds is 4. The Balaban J connectivity index is 2.16. The molecule has 2 aromatic heterocycles. The fourth-order valence-electron chi connectivity index (χ4n) is 1.70. The molecule has 0 amide bonds. The van der Waals surface area contributed by atoms with E-state index in [1.807, 2.05) is 19.2 Å². The molecule has 5 nitrogen and oxygen atoms in total. The first-order valence-electron chi connectivity index (χ1n) is 5.43. The maximum Gasteiger partial charge on any atom is 0.123 e. The van der Waals surface area contributed by atoms with E-state index in [0.29, 0.717) is 5.82 Å². The molecule has 1 unspecified atom stereocenters. The first-order chi connectivity index (χ1) is 8.29. The van der Waals surface area contributed by atoms with Gasteiger partial charge in [-0.2, -0.15) is 0 Å². The van der Waals surface area contributed by atoms with Gasteiger partial charge in [-0.1, -0.05) is 0 Å². The highest BCUT2D eigenvalue weighted by Crippen LogP contribution is 2.15. The maximum absolute atomic E-state index is 5.65. The monoisotopic (exact) mass is 229 g/mol. The molecule has 0 aliphatic heterocycles. The van der Waals surface area contributed by atoms with Crippen molar-refractivity contribution in [3.05, 3.63) is 48.2 Å². The van der Waals surface area contributed by atoms with E-state index in [1.165, 1.54) is 0 Å². The van der Waals surface area contributed by atoms with E-state index in [-0.39, 0.29) is 6.04 Å². The number of nitrogens with two attached hydrogens (primary N) is 1. The summed E-state index contributed by atoms with van der Waals surface area (Å²) in [5.41, 5.74) is 7.70. The standard InChI is InChI=1S/C12H15N5/c1-14-10(11-8-15-4-5-16-11)6-9-2-3-17-12(13)7-9/h2-5,7-8,10,14H,6H2,1H3,(H2,13,17). The lowest BCUT2D eigenvalue weighted by Gasteiger charge is -2.15. The van der Waals surface area contributed by atoms with Crippen molar-refractivity contribution in [2.24, 2.45) is 0 Å². The predicted molar refractivity (Wildman–Crippen MR) is 66.2 cm³/mol. The molecular formula is C12H15N5. The van der Waals surface area contributed by atoms with Gasteiger partial charge in [-0.05, 0) is 31.2 Å². The highest BCUT2D eigenvalue weighted by atomic mass is 14.9. The number of nitrogen functional groups attached to an aromatic ring is 1. The van der Waals surface area contributed by atoms with Crippen LogP contribution in [0.3, 0.4) is 0 Å². The van der Waals surface area contributed by atoms with Crippen LogP contribution < -0.4 is 11.1 Å². The molecule has 0 aliphatic rings. The molecule has 2 aromatic rings. The number of pyridine rings is 1. The molecule has 88 valence electrons. The first kappa shape index (κ1) is 11.5. The Kier molecular flexibility index (Phi) is 3.62. The largest absolute Gasteiger partial charge is 0.384 e. The lowest BCUT2D eigenvalue weighted by molar-refractivity contribution is 0.573. The topological polar surface area (TPSA) is 76.7 Å². The average molecular weight is 229 g/mol. The molecule has 0 aliphatic carbocycles. The van der Waals surface area contributed by atoms with Gasteiger partial charge in [0.2, 0.25) is 0 Å². The lowest BCUT2D eigenvalue weighted by atomic mass is 10.0. The van der Waals surface area contributed by atoms with Crippen LogP contribution in [0.1, 0.15) is 17.3 Å². The molecule has 5 heteroatoms. The van der Waals surface area contributed by atoms with Gasteiger partial charge >= 0.3 is 0 Å². The number of nitrogens with zero attached hydrogens (tertiary/aromatic N) is 3. The summed E-state index contributed by atoms with van der Waals surface area (Å²) >= 11 is 0. The summed E-state index contributed by atoms with van der Waals surface area (Å²) in [5, 5.41) is 3.22. The van der Waals surface area contributed by atoms with E-state index in [9.17, 15) is 0 Å². The first-order valence-corrected chi connectivity index (χ1v) is 5.43. The van der Waals surface area contributed by atoms with Gasteiger partial charge in [0.25, 0.3) is 0 Å². The van der Waals surface area contributed by atoms with Gasteiger partial charge in [0.15, 0.2) is 0 Å². The fourth-order valence-corrected chi connectivity index (χ4v) is 1.70.